The molecule has 3 heterocycles. The van der Waals surface area contributed by atoms with Crippen LogP contribution in [-0.4, -0.2) is 11.2 Å². The lowest BCUT2D eigenvalue weighted by Gasteiger charge is -2.07. The fourth-order valence-electron chi connectivity index (χ4n) is 3.39. The van der Waals surface area contributed by atoms with Crippen molar-refractivity contribution < 1.29 is 17.4 Å². The van der Waals surface area contributed by atoms with Crippen LogP contribution in [0.15, 0.2) is 72.2 Å². The number of benzene rings is 2. The van der Waals surface area contributed by atoms with Crippen molar-refractivity contribution in [3.63, 3.8) is 0 Å². The number of fused-ring (bicyclic) bond motifs is 2. The smallest absolute Gasteiger partial charge is 0.211 e. The molecule has 4 aromatic rings. The molecule has 2 nitrogen and oxygen atoms in total. The van der Waals surface area contributed by atoms with Crippen LogP contribution in [0.1, 0.15) is 16.0 Å². The van der Waals surface area contributed by atoms with E-state index in [1.807, 2.05) is 0 Å². The number of hydrogen-bond acceptors (Lipinski definition) is 1. The summed E-state index contributed by atoms with van der Waals surface area (Å²) in [7, 11) is 0. The number of para-hydroxylation sites is 2. The van der Waals surface area contributed by atoms with Gasteiger partial charge in [0.1, 0.15) is 0 Å². The molecule has 0 radical (unpaired) electrons. The molecule has 2 N–H and O–H groups in total. The fraction of sp³-hybridized carbons (Fsp3) is 0. The maximum Gasteiger partial charge on any atom is 0.211 e. The topological polar surface area (TPSA) is 29.8 Å². The lowest BCUT2D eigenvalue weighted by molar-refractivity contribution is -0.342. The molecule has 4 heteroatoms. The average molecular weight is 363 g/mol. The summed E-state index contributed by atoms with van der Waals surface area (Å²) in [5.41, 5.74) is 7.37. The molecule has 0 saturated heterocycles. The van der Waals surface area contributed by atoms with Gasteiger partial charge < -0.3 is 17.4 Å². The SMILES string of the molecule is C1=[NH+]c2ccccc2/C1=C(\c1cccs1)c1c[nH]c2ccccc12.[Cl-]. The first-order chi connectivity index (χ1) is 11.9. The van der Waals surface area contributed by atoms with Crippen LogP contribution in [0.2, 0.25) is 0 Å². The Morgan fingerprint density at radius 2 is 1.76 bits per heavy atom. The number of hydrogen-bond donors (Lipinski definition) is 2. The van der Waals surface area contributed by atoms with Crippen molar-refractivity contribution in [1.29, 1.82) is 0 Å². The van der Waals surface area contributed by atoms with E-state index in [0.717, 1.165) is 0 Å². The zero-order valence-electron chi connectivity index (χ0n) is 13.3. The molecule has 1 aliphatic rings. The summed E-state index contributed by atoms with van der Waals surface area (Å²) >= 11 is 1.78. The van der Waals surface area contributed by atoms with Crippen LogP contribution in [0, 0.1) is 0 Å². The van der Waals surface area contributed by atoms with Crippen molar-refractivity contribution >= 4 is 45.3 Å². The van der Waals surface area contributed by atoms with Crippen LogP contribution in [0.5, 0.6) is 0 Å². The van der Waals surface area contributed by atoms with Gasteiger partial charge in [0, 0.05) is 39.2 Å². The zero-order valence-corrected chi connectivity index (χ0v) is 14.9. The molecule has 0 fully saturated rings. The molecular weight excluding hydrogens is 348 g/mol. The first-order valence-corrected chi connectivity index (χ1v) is 8.83. The highest BCUT2D eigenvalue weighted by molar-refractivity contribution is 7.11. The Hall–Kier alpha value is -2.62. The van der Waals surface area contributed by atoms with Gasteiger partial charge in [-0.25, -0.2) is 4.99 Å². The molecule has 0 unspecified atom stereocenters. The quantitative estimate of drug-likeness (QED) is 0.533. The van der Waals surface area contributed by atoms with Gasteiger partial charge in [-0.3, -0.25) is 0 Å². The highest BCUT2D eigenvalue weighted by atomic mass is 35.5. The minimum Gasteiger partial charge on any atom is -1.00 e. The van der Waals surface area contributed by atoms with E-state index in [2.05, 4.69) is 88.4 Å². The third kappa shape index (κ3) is 2.53. The van der Waals surface area contributed by atoms with Gasteiger partial charge in [0.25, 0.3) is 0 Å². The standard InChI is InChI=1S/C21H14N2S.ClH/c1-3-8-18-14(6-1)16(12-22-18)21(20-10-5-11-24-20)17-13-23-19-9-4-2-7-15(17)19;/h1-13,22H;1H/b21-17-;. The number of H-pyrrole nitrogens is 1. The second-order valence-corrected chi connectivity index (χ2v) is 6.80. The molecule has 25 heavy (non-hydrogen) atoms. The van der Waals surface area contributed by atoms with E-state index in [9.17, 15) is 0 Å². The number of nitrogens with one attached hydrogen (secondary N) is 2. The van der Waals surface area contributed by atoms with Crippen LogP contribution in [0.3, 0.4) is 0 Å². The van der Waals surface area contributed by atoms with Crippen molar-refractivity contribution in [1.82, 2.24) is 4.98 Å². The van der Waals surface area contributed by atoms with Crippen LogP contribution in [0.4, 0.5) is 5.69 Å². The maximum atomic E-state index is 3.41. The molecule has 1 aliphatic heterocycles. The van der Waals surface area contributed by atoms with E-state index in [0.29, 0.717) is 0 Å². The Balaban J connectivity index is 0.00000157. The van der Waals surface area contributed by atoms with Gasteiger partial charge in [0.05, 0.1) is 11.1 Å². The van der Waals surface area contributed by atoms with E-state index in [4.69, 9.17) is 0 Å². The molecule has 0 aliphatic carbocycles. The Morgan fingerprint density at radius 1 is 0.920 bits per heavy atom. The normalized spacial score (nSPS) is 14.4. The van der Waals surface area contributed by atoms with Gasteiger partial charge in [-0.1, -0.05) is 36.4 Å². The van der Waals surface area contributed by atoms with E-state index in [1.165, 1.54) is 43.7 Å². The molecule has 0 saturated carbocycles. The minimum atomic E-state index is 0. The van der Waals surface area contributed by atoms with E-state index in [1.54, 1.807) is 11.3 Å². The summed E-state index contributed by atoms with van der Waals surface area (Å²) in [6.45, 7) is 0. The van der Waals surface area contributed by atoms with Crippen molar-refractivity contribution in [2.75, 3.05) is 0 Å². The Kier molecular flexibility index (Phi) is 4.04. The van der Waals surface area contributed by atoms with E-state index >= 15 is 0 Å². The Bertz CT molecular complexity index is 1100. The Morgan fingerprint density at radius 3 is 2.64 bits per heavy atom. The van der Waals surface area contributed by atoms with Gasteiger partial charge in [0.2, 0.25) is 5.69 Å². The van der Waals surface area contributed by atoms with Gasteiger partial charge in [0.15, 0.2) is 6.21 Å². The lowest BCUT2D eigenvalue weighted by Crippen LogP contribution is -3.00. The molecule has 122 valence electrons. The molecule has 2 aromatic carbocycles. The van der Waals surface area contributed by atoms with E-state index in [-0.39, 0.29) is 12.4 Å². The van der Waals surface area contributed by atoms with Crippen molar-refractivity contribution in [3.8, 4) is 0 Å². The van der Waals surface area contributed by atoms with Gasteiger partial charge >= 0.3 is 0 Å². The summed E-state index contributed by atoms with van der Waals surface area (Å²) in [6.07, 6.45) is 4.25. The summed E-state index contributed by atoms with van der Waals surface area (Å²) < 4.78 is 0. The van der Waals surface area contributed by atoms with Crippen molar-refractivity contribution in [2.24, 2.45) is 0 Å². The number of rotatable bonds is 2. The molecule has 5 rings (SSSR count). The second-order valence-electron chi connectivity index (χ2n) is 5.85. The van der Waals surface area contributed by atoms with Crippen molar-refractivity contribution in [3.05, 3.63) is 88.2 Å². The third-order valence-electron chi connectivity index (χ3n) is 4.48. The number of aromatic amines is 1. The predicted octanol–water partition coefficient (Wildman–Crippen LogP) is 0.989. The lowest BCUT2D eigenvalue weighted by atomic mass is 9.94. The molecule has 0 spiro atoms. The van der Waals surface area contributed by atoms with Crippen LogP contribution < -0.4 is 17.4 Å². The fourth-order valence-corrected chi connectivity index (χ4v) is 4.19. The Labute approximate surface area is 156 Å². The molecule has 0 atom stereocenters. The van der Waals surface area contributed by atoms with Gasteiger partial charge in [-0.05, 0) is 23.6 Å². The number of allylic oxidation sites excluding steroid dienone is 1. The van der Waals surface area contributed by atoms with Crippen molar-refractivity contribution in [2.45, 2.75) is 0 Å². The summed E-state index contributed by atoms with van der Waals surface area (Å²) in [6, 6.07) is 21.3. The first-order valence-electron chi connectivity index (χ1n) is 7.95. The number of aromatic nitrogens is 1. The van der Waals surface area contributed by atoms with Gasteiger partial charge in [-0.2, -0.15) is 0 Å². The monoisotopic (exact) mass is 362 g/mol. The van der Waals surface area contributed by atoms with E-state index < -0.39 is 0 Å². The van der Waals surface area contributed by atoms with Crippen LogP contribution in [0.25, 0.3) is 22.0 Å². The molecule has 0 bridgehead atoms. The average Bonchev–Trinajstić information content (AvgIpc) is 3.36. The largest absolute Gasteiger partial charge is 1.00 e. The number of thiophene rings is 1. The predicted molar refractivity (Wildman–Crippen MR) is 102 cm³/mol. The zero-order chi connectivity index (χ0) is 15.9. The summed E-state index contributed by atoms with van der Waals surface area (Å²) in [4.78, 5) is 8.11. The summed E-state index contributed by atoms with van der Waals surface area (Å²) in [5, 5.41) is 3.39. The third-order valence-corrected chi connectivity index (χ3v) is 5.37. The maximum absolute atomic E-state index is 3.41. The first kappa shape index (κ1) is 15.9. The second kappa shape index (κ2) is 6.36. The highest BCUT2D eigenvalue weighted by Crippen LogP contribution is 2.38. The molecule has 0 amide bonds. The summed E-state index contributed by atoms with van der Waals surface area (Å²) in [5.74, 6) is 0. The highest BCUT2D eigenvalue weighted by Gasteiger charge is 2.25. The molecular formula is C21H15ClN2S. The van der Waals surface area contributed by atoms with Crippen LogP contribution in [-0.2, 0) is 0 Å². The molecule has 2 aromatic heterocycles. The van der Waals surface area contributed by atoms with Gasteiger partial charge in [-0.15, -0.1) is 11.3 Å². The number of halogens is 1. The van der Waals surface area contributed by atoms with Crippen LogP contribution >= 0.6 is 11.3 Å². The minimum absolute atomic E-state index is 0.